The first kappa shape index (κ1) is 19.5. The van der Waals surface area contributed by atoms with Crippen molar-refractivity contribution >= 4 is 5.91 Å². The predicted octanol–water partition coefficient (Wildman–Crippen LogP) is 2.52. The number of hydrogen-bond donors (Lipinski definition) is 2. The summed E-state index contributed by atoms with van der Waals surface area (Å²) in [7, 11) is 1.51. The second-order valence-electron chi connectivity index (χ2n) is 7.16. The van der Waals surface area contributed by atoms with E-state index in [0.29, 0.717) is 25.2 Å². The summed E-state index contributed by atoms with van der Waals surface area (Å²) < 4.78 is 47.4. The molecule has 3 atom stereocenters. The van der Waals surface area contributed by atoms with Gasteiger partial charge in [-0.25, -0.2) is 0 Å². The van der Waals surface area contributed by atoms with Crippen LogP contribution in [0.25, 0.3) is 0 Å². The summed E-state index contributed by atoms with van der Waals surface area (Å²) in [6, 6.07) is 0. The van der Waals surface area contributed by atoms with Crippen LogP contribution in [-0.2, 0) is 14.3 Å². The van der Waals surface area contributed by atoms with Crippen molar-refractivity contribution in [2.75, 3.05) is 20.4 Å². The van der Waals surface area contributed by atoms with Gasteiger partial charge in [-0.15, -0.1) is 0 Å². The van der Waals surface area contributed by atoms with Gasteiger partial charge < -0.3 is 19.9 Å². The van der Waals surface area contributed by atoms with E-state index in [2.05, 4.69) is 0 Å². The zero-order valence-corrected chi connectivity index (χ0v) is 14.0. The van der Waals surface area contributed by atoms with E-state index < -0.39 is 23.3 Å². The number of ether oxygens (including phenoxy) is 2. The van der Waals surface area contributed by atoms with E-state index in [9.17, 15) is 23.1 Å². The molecule has 5 nitrogen and oxygen atoms in total. The van der Waals surface area contributed by atoms with Gasteiger partial charge in [0.15, 0.2) is 0 Å². The van der Waals surface area contributed by atoms with Crippen LogP contribution in [0.3, 0.4) is 0 Å². The molecule has 0 aliphatic heterocycles. The smallest absolute Gasteiger partial charge is 0.390 e. The highest BCUT2D eigenvalue weighted by Crippen LogP contribution is 2.50. The van der Waals surface area contributed by atoms with Crippen LogP contribution in [0.15, 0.2) is 0 Å². The molecule has 2 rings (SSSR count). The van der Waals surface area contributed by atoms with Crippen molar-refractivity contribution in [2.45, 2.75) is 68.7 Å². The number of carbonyl (C=O) groups excluding carboxylic acids is 1. The molecular formula is C16H26F3NO4. The summed E-state index contributed by atoms with van der Waals surface area (Å²) in [6.45, 7) is 0.0112. The molecule has 2 bridgehead atoms. The highest BCUT2D eigenvalue weighted by molar-refractivity contribution is 5.81. The van der Waals surface area contributed by atoms with Gasteiger partial charge in [-0.2, -0.15) is 13.2 Å². The second kappa shape index (κ2) is 7.58. The SMILES string of the molecule is COCOC1(CCCNC(=O)C(F)(F)F)CC2CCCC(O)(C2)C1. The van der Waals surface area contributed by atoms with Crippen LogP contribution in [0.1, 0.15) is 51.4 Å². The molecule has 3 unspecified atom stereocenters. The number of methoxy groups -OCH3 is 1. The Labute approximate surface area is 139 Å². The summed E-state index contributed by atoms with van der Waals surface area (Å²) in [5, 5.41) is 12.6. The minimum Gasteiger partial charge on any atom is -0.390 e. The summed E-state index contributed by atoms with van der Waals surface area (Å²) in [5.41, 5.74) is -1.36. The highest BCUT2D eigenvalue weighted by atomic mass is 19.4. The molecule has 2 aliphatic rings. The lowest BCUT2D eigenvalue weighted by Gasteiger charge is -2.51. The van der Waals surface area contributed by atoms with E-state index in [1.807, 2.05) is 5.32 Å². The quantitative estimate of drug-likeness (QED) is 0.545. The summed E-state index contributed by atoms with van der Waals surface area (Å²) >= 11 is 0. The lowest BCUT2D eigenvalue weighted by molar-refractivity contribution is -0.202. The summed E-state index contributed by atoms with van der Waals surface area (Å²) in [6.07, 6.45) is 0.721. The van der Waals surface area contributed by atoms with Crippen LogP contribution in [-0.4, -0.2) is 48.8 Å². The first-order valence-corrected chi connectivity index (χ1v) is 8.38. The number of alkyl halides is 3. The van der Waals surface area contributed by atoms with Crippen molar-refractivity contribution in [3.8, 4) is 0 Å². The average molecular weight is 353 g/mol. The van der Waals surface area contributed by atoms with E-state index in [1.165, 1.54) is 7.11 Å². The number of rotatable bonds is 7. The summed E-state index contributed by atoms with van der Waals surface area (Å²) in [4.78, 5) is 10.9. The van der Waals surface area contributed by atoms with Gasteiger partial charge in [0.2, 0.25) is 0 Å². The number of halogens is 3. The lowest BCUT2D eigenvalue weighted by Crippen LogP contribution is -2.52. The Hall–Kier alpha value is -0.860. The van der Waals surface area contributed by atoms with Gasteiger partial charge in [0, 0.05) is 20.1 Å². The van der Waals surface area contributed by atoms with Gasteiger partial charge in [-0.3, -0.25) is 4.79 Å². The largest absolute Gasteiger partial charge is 0.471 e. The number of hydrogen-bond acceptors (Lipinski definition) is 4. The fourth-order valence-corrected chi connectivity index (χ4v) is 4.26. The normalized spacial score (nSPS) is 33.3. The topological polar surface area (TPSA) is 67.8 Å². The van der Waals surface area contributed by atoms with E-state index in [-0.39, 0.29) is 13.3 Å². The van der Waals surface area contributed by atoms with Crippen molar-refractivity contribution in [2.24, 2.45) is 5.92 Å². The van der Waals surface area contributed by atoms with Crippen LogP contribution < -0.4 is 5.32 Å². The van der Waals surface area contributed by atoms with Crippen molar-refractivity contribution in [1.82, 2.24) is 5.32 Å². The fourth-order valence-electron chi connectivity index (χ4n) is 4.26. The van der Waals surface area contributed by atoms with Gasteiger partial charge in [0.05, 0.1) is 11.2 Å². The minimum atomic E-state index is -4.86. The highest BCUT2D eigenvalue weighted by Gasteiger charge is 2.49. The number of aliphatic hydroxyl groups is 1. The van der Waals surface area contributed by atoms with Crippen molar-refractivity contribution in [1.29, 1.82) is 0 Å². The molecule has 0 aromatic rings. The molecule has 1 amide bonds. The van der Waals surface area contributed by atoms with Crippen molar-refractivity contribution < 1.29 is 32.5 Å². The maximum absolute atomic E-state index is 12.2. The van der Waals surface area contributed by atoms with E-state index >= 15 is 0 Å². The third kappa shape index (κ3) is 5.07. The molecule has 0 radical (unpaired) electrons. The first-order valence-electron chi connectivity index (χ1n) is 8.38. The molecule has 2 saturated carbocycles. The molecule has 0 saturated heterocycles. The molecule has 2 fully saturated rings. The number of nitrogens with one attached hydrogen (secondary N) is 1. The maximum atomic E-state index is 12.2. The zero-order chi connectivity index (χ0) is 17.8. The van der Waals surface area contributed by atoms with E-state index in [1.54, 1.807) is 0 Å². The van der Waals surface area contributed by atoms with E-state index in [0.717, 1.165) is 32.1 Å². The van der Waals surface area contributed by atoms with Crippen molar-refractivity contribution in [3.63, 3.8) is 0 Å². The number of carbonyl (C=O) groups is 1. The number of amides is 1. The maximum Gasteiger partial charge on any atom is 0.471 e. The Bertz CT molecular complexity index is 446. The lowest BCUT2D eigenvalue weighted by atomic mass is 9.62. The van der Waals surface area contributed by atoms with Gasteiger partial charge in [0.1, 0.15) is 6.79 Å². The van der Waals surface area contributed by atoms with Gasteiger partial charge in [-0.05, 0) is 38.0 Å². The molecule has 0 aromatic carbocycles. The Morgan fingerprint density at radius 3 is 2.75 bits per heavy atom. The van der Waals surface area contributed by atoms with Gasteiger partial charge in [0.25, 0.3) is 0 Å². The average Bonchev–Trinajstić information content (AvgIpc) is 2.47. The molecule has 0 aromatic heterocycles. The third-order valence-corrected chi connectivity index (χ3v) is 5.07. The molecule has 0 heterocycles. The molecule has 0 spiro atoms. The Morgan fingerprint density at radius 1 is 1.38 bits per heavy atom. The Kier molecular flexibility index (Phi) is 6.14. The summed E-state index contributed by atoms with van der Waals surface area (Å²) in [5.74, 6) is -1.56. The first-order chi connectivity index (χ1) is 11.2. The zero-order valence-electron chi connectivity index (χ0n) is 14.0. The van der Waals surface area contributed by atoms with E-state index in [4.69, 9.17) is 9.47 Å². The molecule has 140 valence electrons. The molecule has 2 aliphatic carbocycles. The van der Waals surface area contributed by atoms with Crippen LogP contribution in [0, 0.1) is 5.92 Å². The van der Waals surface area contributed by atoms with Crippen LogP contribution in [0.5, 0.6) is 0 Å². The predicted molar refractivity (Wildman–Crippen MR) is 80.1 cm³/mol. The number of fused-ring (bicyclic) bond motifs is 2. The molecule has 24 heavy (non-hydrogen) atoms. The van der Waals surface area contributed by atoms with Crippen LogP contribution >= 0.6 is 0 Å². The minimum absolute atomic E-state index is 0.0699. The Balaban J connectivity index is 1.92. The standard InChI is InChI=1S/C16H26F3NO4/c1-23-11-24-15(6-3-7-20-13(21)16(17,18)19)9-12-4-2-5-14(22,8-12)10-15/h12,22H,2-11H2,1H3,(H,20,21). The molecular weight excluding hydrogens is 327 g/mol. The monoisotopic (exact) mass is 353 g/mol. The van der Waals surface area contributed by atoms with Crippen molar-refractivity contribution in [3.05, 3.63) is 0 Å². The third-order valence-electron chi connectivity index (χ3n) is 5.07. The van der Waals surface area contributed by atoms with Gasteiger partial charge in [-0.1, -0.05) is 12.8 Å². The Morgan fingerprint density at radius 2 is 2.12 bits per heavy atom. The van der Waals surface area contributed by atoms with Crippen LogP contribution in [0.4, 0.5) is 13.2 Å². The molecule has 2 N–H and O–H groups in total. The fraction of sp³-hybridized carbons (Fsp3) is 0.938. The van der Waals surface area contributed by atoms with Gasteiger partial charge >= 0.3 is 12.1 Å². The van der Waals surface area contributed by atoms with Crippen LogP contribution in [0.2, 0.25) is 0 Å². The molecule has 8 heteroatoms. The second-order valence-corrected chi connectivity index (χ2v) is 7.16.